The molecule has 0 bridgehead atoms. The predicted molar refractivity (Wildman–Crippen MR) is 119 cm³/mol. The Kier molecular flexibility index (Phi) is 6.34. The van der Waals surface area contributed by atoms with E-state index in [2.05, 4.69) is 15.6 Å². The molecule has 4 rings (SSSR count). The fraction of sp³-hybridized carbons (Fsp3) is 0.292. The SMILES string of the molecule is Cc1cc(COc2ccc(C(=O)N[C@@H]3CNC[C@@H]3C(=O)N(C)O)cc2)c2ccccc2n1. The number of amides is 2. The van der Waals surface area contributed by atoms with Gasteiger partial charge in [-0.2, -0.15) is 0 Å². The lowest BCUT2D eigenvalue weighted by molar-refractivity contribution is -0.164. The van der Waals surface area contributed by atoms with Gasteiger partial charge in [0, 0.05) is 42.3 Å². The lowest BCUT2D eigenvalue weighted by Crippen LogP contribution is -2.46. The molecule has 1 fully saturated rings. The minimum atomic E-state index is -0.504. The van der Waals surface area contributed by atoms with Crippen molar-refractivity contribution >= 4 is 22.7 Å². The summed E-state index contributed by atoms with van der Waals surface area (Å²) in [6.45, 7) is 3.22. The van der Waals surface area contributed by atoms with Crippen LogP contribution in [0.5, 0.6) is 5.75 Å². The van der Waals surface area contributed by atoms with E-state index in [1.54, 1.807) is 24.3 Å². The quantitative estimate of drug-likeness (QED) is 0.406. The minimum Gasteiger partial charge on any atom is -0.489 e. The fourth-order valence-corrected chi connectivity index (χ4v) is 3.96. The van der Waals surface area contributed by atoms with E-state index in [0.29, 0.717) is 36.1 Å². The molecule has 1 aliphatic rings. The lowest BCUT2D eigenvalue weighted by Gasteiger charge is -2.21. The first-order chi connectivity index (χ1) is 15.4. The molecule has 0 unspecified atom stereocenters. The molecule has 8 heteroatoms. The molecule has 32 heavy (non-hydrogen) atoms. The Morgan fingerprint density at radius 3 is 2.69 bits per heavy atom. The van der Waals surface area contributed by atoms with Crippen LogP contribution in [0.4, 0.5) is 0 Å². The van der Waals surface area contributed by atoms with Gasteiger partial charge in [0.15, 0.2) is 0 Å². The maximum absolute atomic E-state index is 12.6. The Morgan fingerprint density at radius 2 is 1.94 bits per heavy atom. The highest BCUT2D eigenvalue weighted by Crippen LogP contribution is 2.21. The highest BCUT2D eigenvalue weighted by Gasteiger charge is 2.35. The van der Waals surface area contributed by atoms with Crippen LogP contribution >= 0.6 is 0 Å². The van der Waals surface area contributed by atoms with E-state index in [1.165, 1.54) is 7.05 Å². The maximum Gasteiger partial charge on any atom is 0.252 e. The molecule has 2 amide bonds. The molecule has 3 aromatic rings. The van der Waals surface area contributed by atoms with E-state index in [9.17, 15) is 14.8 Å². The largest absolute Gasteiger partial charge is 0.489 e. The number of pyridine rings is 1. The summed E-state index contributed by atoms with van der Waals surface area (Å²) < 4.78 is 5.95. The van der Waals surface area contributed by atoms with Crippen molar-refractivity contribution in [2.24, 2.45) is 5.92 Å². The van der Waals surface area contributed by atoms with Crippen molar-refractivity contribution < 1.29 is 19.5 Å². The molecule has 2 atom stereocenters. The van der Waals surface area contributed by atoms with Gasteiger partial charge in [0.05, 0.1) is 17.5 Å². The number of aromatic nitrogens is 1. The van der Waals surface area contributed by atoms with Crippen LogP contribution in [0.2, 0.25) is 0 Å². The molecule has 0 saturated carbocycles. The van der Waals surface area contributed by atoms with Gasteiger partial charge >= 0.3 is 0 Å². The van der Waals surface area contributed by atoms with Gasteiger partial charge in [-0.05, 0) is 43.3 Å². The number of carbonyl (C=O) groups excluding carboxylic acids is 2. The Labute approximate surface area is 186 Å². The second kappa shape index (κ2) is 9.33. The molecule has 1 saturated heterocycles. The van der Waals surface area contributed by atoms with Gasteiger partial charge in [0.2, 0.25) is 0 Å². The third kappa shape index (κ3) is 4.71. The molecule has 0 aliphatic carbocycles. The standard InChI is InChI=1S/C24H26N4O4/c1-15-11-17(19-5-3-4-6-21(19)26-15)14-32-18-9-7-16(8-10-18)23(29)27-22-13-25-12-20(22)24(30)28(2)31/h3-11,20,22,25,31H,12-14H2,1-2H3,(H,27,29)/t20-,22+/m0/s1. The van der Waals surface area contributed by atoms with Crippen molar-refractivity contribution in [3.63, 3.8) is 0 Å². The van der Waals surface area contributed by atoms with Gasteiger partial charge < -0.3 is 15.4 Å². The Bertz CT molecular complexity index is 1130. The number of benzene rings is 2. The Morgan fingerprint density at radius 1 is 1.19 bits per heavy atom. The van der Waals surface area contributed by atoms with Gasteiger partial charge in [-0.25, -0.2) is 5.06 Å². The first kappa shape index (κ1) is 21.7. The summed E-state index contributed by atoms with van der Waals surface area (Å²) in [7, 11) is 1.29. The Hall–Kier alpha value is -3.49. The van der Waals surface area contributed by atoms with Crippen molar-refractivity contribution in [2.75, 3.05) is 20.1 Å². The number of hydroxylamine groups is 2. The molecule has 166 valence electrons. The third-order valence-electron chi connectivity index (χ3n) is 5.61. The van der Waals surface area contributed by atoms with Gasteiger partial charge in [-0.15, -0.1) is 0 Å². The molecule has 0 spiro atoms. The van der Waals surface area contributed by atoms with E-state index < -0.39 is 11.8 Å². The van der Waals surface area contributed by atoms with E-state index in [0.717, 1.165) is 22.2 Å². The van der Waals surface area contributed by atoms with Crippen molar-refractivity contribution in [1.82, 2.24) is 20.7 Å². The zero-order valence-electron chi connectivity index (χ0n) is 18.0. The number of nitrogens with zero attached hydrogens (tertiary/aromatic N) is 2. The molecule has 2 aromatic carbocycles. The van der Waals surface area contributed by atoms with Crippen LogP contribution in [0.1, 0.15) is 21.6 Å². The molecule has 0 radical (unpaired) electrons. The maximum atomic E-state index is 12.6. The topological polar surface area (TPSA) is 104 Å². The molecule has 1 aromatic heterocycles. The Balaban J connectivity index is 1.39. The van der Waals surface area contributed by atoms with Gasteiger partial charge in [0.25, 0.3) is 11.8 Å². The average Bonchev–Trinajstić information content (AvgIpc) is 3.25. The first-order valence-electron chi connectivity index (χ1n) is 10.5. The second-order valence-corrected chi connectivity index (χ2v) is 7.96. The van der Waals surface area contributed by atoms with Gasteiger partial charge in [0.1, 0.15) is 12.4 Å². The van der Waals surface area contributed by atoms with Gasteiger partial charge in [-0.1, -0.05) is 18.2 Å². The molecular formula is C24H26N4O4. The molecule has 8 nitrogen and oxygen atoms in total. The number of aryl methyl sites for hydroxylation is 1. The number of para-hydroxylation sites is 1. The van der Waals surface area contributed by atoms with Crippen LogP contribution in [0.15, 0.2) is 54.6 Å². The number of carbonyl (C=O) groups is 2. The monoisotopic (exact) mass is 434 g/mol. The minimum absolute atomic E-state index is 0.278. The zero-order chi connectivity index (χ0) is 22.7. The highest BCUT2D eigenvalue weighted by atomic mass is 16.5. The van der Waals surface area contributed by atoms with Crippen LogP contribution in [0.3, 0.4) is 0 Å². The number of ether oxygens (including phenoxy) is 1. The summed E-state index contributed by atoms with van der Waals surface area (Å²) in [5, 5.41) is 17.0. The summed E-state index contributed by atoms with van der Waals surface area (Å²) in [6, 6.07) is 16.5. The number of hydrogen-bond donors (Lipinski definition) is 3. The molecule has 2 heterocycles. The summed E-state index contributed by atoms with van der Waals surface area (Å²) in [5.41, 5.74) is 3.38. The summed E-state index contributed by atoms with van der Waals surface area (Å²) in [6.07, 6.45) is 0. The number of rotatable bonds is 6. The smallest absolute Gasteiger partial charge is 0.252 e. The number of nitrogens with one attached hydrogen (secondary N) is 2. The zero-order valence-corrected chi connectivity index (χ0v) is 18.0. The summed E-state index contributed by atoms with van der Waals surface area (Å²) in [5.74, 6) is -0.560. The van der Waals surface area contributed by atoms with Crippen LogP contribution in [-0.2, 0) is 11.4 Å². The summed E-state index contributed by atoms with van der Waals surface area (Å²) in [4.78, 5) is 29.3. The van der Waals surface area contributed by atoms with Crippen molar-refractivity contribution in [1.29, 1.82) is 0 Å². The summed E-state index contributed by atoms with van der Waals surface area (Å²) >= 11 is 0. The van der Waals surface area contributed by atoms with Crippen molar-refractivity contribution in [2.45, 2.75) is 19.6 Å². The first-order valence-corrected chi connectivity index (χ1v) is 10.5. The number of fused-ring (bicyclic) bond motifs is 1. The van der Waals surface area contributed by atoms with E-state index >= 15 is 0 Å². The van der Waals surface area contributed by atoms with Crippen LogP contribution in [0, 0.1) is 12.8 Å². The van der Waals surface area contributed by atoms with E-state index in [-0.39, 0.29) is 11.9 Å². The lowest BCUT2D eigenvalue weighted by atomic mass is 10.0. The number of hydrogen-bond acceptors (Lipinski definition) is 6. The van der Waals surface area contributed by atoms with E-state index in [4.69, 9.17) is 4.74 Å². The third-order valence-corrected chi connectivity index (χ3v) is 5.61. The second-order valence-electron chi connectivity index (χ2n) is 7.96. The van der Waals surface area contributed by atoms with Crippen LogP contribution in [0.25, 0.3) is 10.9 Å². The average molecular weight is 434 g/mol. The van der Waals surface area contributed by atoms with E-state index in [1.807, 2.05) is 37.3 Å². The normalized spacial score (nSPS) is 17.8. The molecule has 3 N–H and O–H groups in total. The molecule has 1 aliphatic heterocycles. The molecular weight excluding hydrogens is 408 g/mol. The highest BCUT2D eigenvalue weighted by molar-refractivity contribution is 5.95. The van der Waals surface area contributed by atoms with Crippen LogP contribution < -0.4 is 15.4 Å². The van der Waals surface area contributed by atoms with Crippen molar-refractivity contribution in [3.8, 4) is 5.75 Å². The van der Waals surface area contributed by atoms with Crippen molar-refractivity contribution in [3.05, 3.63) is 71.4 Å². The fourth-order valence-electron chi connectivity index (χ4n) is 3.96. The van der Waals surface area contributed by atoms with Crippen LogP contribution in [-0.4, -0.2) is 53.2 Å². The predicted octanol–water partition coefficient (Wildman–Crippen LogP) is 2.29. The van der Waals surface area contributed by atoms with Gasteiger partial charge in [-0.3, -0.25) is 19.8 Å².